The largest absolute Gasteiger partial charge is 0.388 e. The van der Waals surface area contributed by atoms with Crippen molar-refractivity contribution in [3.63, 3.8) is 0 Å². The van der Waals surface area contributed by atoms with Crippen molar-refractivity contribution < 1.29 is 5.11 Å². The van der Waals surface area contributed by atoms with Gasteiger partial charge in [0, 0.05) is 5.41 Å². The van der Waals surface area contributed by atoms with Crippen LogP contribution in [0.5, 0.6) is 0 Å². The van der Waals surface area contributed by atoms with E-state index in [0.717, 1.165) is 12.0 Å². The van der Waals surface area contributed by atoms with E-state index in [-0.39, 0.29) is 11.5 Å². The average Bonchev–Trinajstić information content (AvgIpc) is 2.80. The zero-order chi connectivity index (χ0) is 14.0. The van der Waals surface area contributed by atoms with Crippen molar-refractivity contribution in [3.05, 3.63) is 34.9 Å². The molecule has 19 heavy (non-hydrogen) atoms. The smallest absolute Gasteiger partial charge is 0.0848 e. The quantitative estimate of drug-likeness (QED) is 0.812. The molecule has 0 spiro atoms. The molecule has 1 atom stereocenters. The van der Waals surface area contributed by atoms with Crippen molar-refractivity contribution in [1.29, 1.82) is 0 Å². The van der Waals surface area contributed by atoms with Crippen LogP contribution in [0.1, 0.15) is 68.7 Å². The van der Waals surface area contributed by atoms with E-state index < -0.39 is 0 Å². The van der Waals surface area contributed by atoms with E-state index in [9.17, 15) is 5.11 Å². The van der Waals surface area contributed by atoms with Crippen LogP contribution in [0.15, 0.2) is 18.2 Å². The summed E-state index contributed by atoms with van der Waals surface area (Å²) in [5, 5.41) is 11.0. The summed E-state index contributed by atoms with van der Waals surface area (Å²) in [4.78, 5) is 0. The summed E-state index contributed by atoms with van der Waals surface area (Å²) >= 11 is 0. The lowest BCUT2D eigenvalue weighted by molar-refractivity contribution is 0.0107. The van der Waals surface area contributed by atoms with E-state index >= 15 is 0 Å². The van der Waals surface area contributed by atoms with Gasteiger partial charge in [-0.2, -0.15) is 0 Å². The number of hydrogen-bond acceptors (Lipinski definition) is 1. The van der Waals surface area contributed by atoms with Gasteiger partial charge >= 0.3 is 0 Å². The molecule has 1 aromatic rings. The maximum absolute atomic E-state index is 11.0. The fourth-order valence-corrected chi connectivity index (χ4v) is 3.87. The lowest BCUT2D eigenvalue weighted by atomic mass is 9.71. The van der Waals surface area contributed by atoms with Crippen LogP contribution in [0.3, 0.4) is 0 Å². The Balaban J connectivity index is 2.33. The van der Waals surface area contributed by atoms with Crippen LogP contribution in [-0.2, 0) is 0 Å². The summed E-state index contributed by atoms with van der Waals surface area (Å²) in [6, 6.07) is 6.46. The van der Waals surface area contributed by atoms with Crippen LogP contribution in [0.2, 0.25) is 0 Å². The summed E-state index contributed by atoms with van der Waals surface area (Å²) in [5.74, 6) is 0.651. The van der Waals surface area contributed by atoms with Crippen LogP contribution in [0, 0.1) is 25.2 Å². The molecular weight excluding hydrogens is 232 g/mol. The summed E-state index contributed by atoms with van der Waals surface area (Å²) in [6.45, 7) is 8.78. The van der Waals surface area contributed by atoms with E-state index in [4.69, 9.17) is 0 Å². The highest BCUT2D eigenvalue weighted by molar-refractivity contribution is 5.33. The first kappa shape index (κ1) is 14.6. The third-order valence-electron chi connectivity index (χ3n) is 4.72. The Morgan fingerprint density at radius 3 is 2.37 bits per heavy atom. The van der Waals surface area contributed by atoms with Crippen LogP contribution in [0.4, 0.5) is 0 Å². The Morgan fingerprint density at radius 1 is 1.16 bits per heavy atom. The third kappa shape index (κ3) is 3.02. The Morgan fingerprint density at radius 2 is 1.79 bits per heavy atom. The summed E-state index contributed by atoms with van der Waals surface area (Å²) < 4.78 is 0. The van der Waals surface area contributed by atoms with Gasteiger partial charge in [0.05, 0.1) is 6.10 Å². The minimum absolute atomic E-state index is 0.118. The molecule has 0 saturated heterocycles. The van der Waals surface area contributed by atoms with E-state index in [1.165, 1.54) is 36.8 Å². The number of benzene rings is 1. The summed E-state index contributed by atoms with van der Waals surface area (Å²) in [7, 11) is 0. The Hall–Kier alpha value is -0.820. The highest BCUT2D eigenvalue weighted by atomic mass is 16.3. The van der Waals surface area contributed by atoms with Crippen LogP contribution < -0.4 is 0 Å². The Kier molecular flexibility index (Phi) is 4.35. The predicted molar refractivity (Wildman–Crippen MR) is 81.2 cm³/mol. The van der Waals surface area contributed by atoms with Crippen molar-refractivity contribution in [1.82, 2.24) is 0 Å². The lowest BCUT2D eigenvalue weighted by Crippen LogP contribution is -2.28. The molecule has 1 N–H and O–H groups in total. The zero-order valence-electron chi connectivity index (χ0n) is 12.9. The number of aryl methyl sites for hydroxylation is 2. The third-order valence-corrected chi connectivity index (χ3v) is 4.72. The molecule has 1 aromatic carbocycles. The first-order chi connectivity index (χ1) is 8.94. The van der Waals surface area contributed by atoms with Gasteiger partial charge in [0.2, 0.25) is 0 Å². The lowest BCUT2D eigenvalue weighted by Gasteiger charge is -2.37. The van der Waals surface area contributed by atoms with Crippen molar-refractivity contribution in [2.75, 3.05) is 0 Å². The standard InChI is InChI=1S/C18H28O/c1-13(2)12-18(9-5-6-10-18)17(19)16-11-14(3)7-8-15(16)4/h7-8,11,13,17,19H,5-6,9-10,12H2,1-4H3. The van der Waals surface area contributed by atoms with Crippen molar-refractivity contribution in [2.24, 2.45) is 11.3 Å². The minimum Gasteiger partial charge on any atom is -0.388 e. The van der Waals surface area contributed by atoms with Gasteiger partial charge in [0.25, 0.3) is 0 Å². The molecule has 0 aromatic heterocycles. The topological polar surface area (TPSA) is 20.2 Å². The van der Waals surface area contributed by atoms with Gasteiger partial charge in [0.1, 0.15) is 0 Å². The summed E-state index contributed by atoms with van der Waals surface area (Å²) in [6.07, 6.45) is 5.75. The molecule has 1 fully saturated rings. The normalized spacial score (nSPS) is 19.9. The van der Waals surface area contributed by atoms with Gasteiger partial charge in [-0.15, -0.1) is 0 Å². The monoisotopic (exact) mass is 260 g/mol. The fourth-order valence-electron chi connectivity index (χ4n) is 3.87. The second kappa shape index (κ2) is 5.66. The van der Waals surface area contributed by atoms with Crippen LogP contribution in [0.25, 0.3) is 0 Å². The molecule has 1 aliphatic carbocycles. The van der Waals surface area contributed by atoms with Gasteiger partial charge in [-0.1, -0.05) is 50.5 Å². The average molecular weight is 260 g/mol. The van der Waals surface area contributed by atoms with Crippen molar-refractivity contribution in [2.45, 2.75) is 65.9 Å². The van der Waals surface area contributed by atoms with Gasteiger partial charge in [-0.25, -0.2) is 0 Å². The number of aliphatic hydroxyl groups excluding tert-OH is 1. The zero-order valence-corrected chi connectivity index (χ0v) is 12.9. The molecule has 1 unspecified atom stereocenters. The Labute approximate surface area is 118 Å². The van der Waals surface area contributed by atoms with E-state index in [2.05, 4.69) is 45.9 Å². The molecule has 1 aliphatic rings. The van der Waals surface area contributed by atoms with Gasteiger partial charge < -0.3 is 5.11 Å². The summed E-state index contributed by atoms with van der Waals surface area (Å²) in [5.41, 5.74) is 3.75. The predicted octanol–water partition coefficient (Wildman–Crippen LogP) is 4.94. The maximum atomic E-state index is 11.0. The second-order valence-corrected chi connectivity index (χ2v) is 6.93. The SMILES string of the molecule is Cc1ccc(C)c(C(O)C2(CC(C)C)CCCC2)c1. The molecule has 0 bridgehead atoms. The van der Waals surface area contributed by atoms with E-state index in [1.54, 1.807) is 0 Å². The number of aliphatic hydroxyl groups is 1. The van der Waals surface area contributed by atoms with E-state index in [0.29, 0.717) is 5.92 Å². The molecule has 106 valence electrons. The fraction of sp³-hybridized carbons (Fsp3) is 0.667. The van der Waals surface area contributed by atoms with Crippen LogP contribution in [-0.4, -0.2) is 5.11 Å². The first-order valence-electron chi connectivity index (χ1n) is 7.70. The highest BCUT2D eigenvalue weighted by Crippen LogP contribution is 2.52. The van der Waals surface area contributed by atoms with Gasteiger partial charge in [-0.3, -0.25) is 0 Å². The Bertz CT molecular complexity index is 427. The molecule has 0 amide bonds. The first-order valence-corrected chi connectivity index (χ1v) is 7.70. The molecule has 1 saturated carbocycles. The van der Waals surface area contributed by atoms with Crippen molar-refractivity contribution in [3.8, 4) is 0 Å². The molecular formula is C18H28O. The maximum Gasteiger partial charge on any atom is 0.0848 e. The van der Waals surface area contributed by atoms with Gasteiger partial charge in [0.15, 0.2) is 0 Å². The van der Waals surface area contributed by atoms with Crippen molar-refractivity contribution >= 4 is 0 Å². The molecule has 0 aliphatic heterocycles. The molecule has 0 heterocycles. The minimum atomic E-state index is -0.294. The molecule has 2 rings (SSSR count). The van der Waals surface area contributed by atoms with E-state index in [1.807, 2.05) is 0 Å². The highest BCUT2D eigenvalue weighted by Gasteiger charge is 2.41. The van der Waals surface area contributed by atoms with Gasteiger partial charge in [-0.05, 0) is 50.2 Å². The number of hydrogen-bond donors (Lipinski definition) is 1. The molecule has 1 heteroatoms. The second-order valence-electron chi connectivity index (χ2n) is 6.93. The number of rotatable bonds is 4. The van der Waals surface area contributed by atoms with Crippen LogP contribution >= 0.6 is 0 Å². The molecule has 1 nitrogen and oxygen atoms in total. The molecule has 0 radical (unpaired) electrons.